The van der Waals surface area contributed by atoms with E-state index >= 15 is 0 Å². The lowest BCUT2D eigenvalue weighted by molar-refractivity contribution is -0.870. The van der Waals surface area contributed by atoms with Gasteiger partial charge in [0, 0.05) is 18.5 Å². The van der Waals surface area contributed by atoms with Crippen LogP contribution in [-0.4, -0.2) is 82.6 Å². The Hall–Kier alpha value is -1.46. The molecule has 0 aliphatic rings. The van der Waals surface area contributed by atoms with Crippen molar-refractivity contribution in [2.45, 2.75) is 26.7 Å². The number of hydrogen-bond donors (Lipinski definition) is 1. The van der Waals surface area contributed by atoms with Gasteiger partial charge in [0.05, 0.1) is 61.8 Å². The predicted octanol–water partition coefficient (Wildman–Crippen LogP) is 2.00. The number of quaternary nitrogens is 2. The van der Waals surface area contributed by atoms with Crippen molar-refractivity contribution in [1.82, 2.24) is 5.32 Å². The maximum atomic E-state index is 11.1. The van der Waals surface area contributed by atoms with Crippen LogP contribution in [-0.2, 0) is 9.59 Å². The Bertz CT molecular complexity index is 441. The topological polar surface area (TPSA) is 46.2 Å². The van der Waals surface area contributed by atoms with Gasteiger partial charge in [-0.1, -0.05) is 13.2 Å². The van der Waals surface area contributed by atoms with Crippen molar-refractivity contribution < 1.29 is 18.6 Å². The first-order valence-corrected chi connectivity index (χ1v) is 8.39. The number of ketones is 1. The summed E-state index contributed by atoms with van der Waals surface area (Å²) in [7, 11) is 12.6. The second-order valence-corrected chi connectivity index (χ2v) is 8.37. The van der Waals surface area contributed by atoms with Crippen molar-refractivity contribution in [3.05, 3.63) is 24.3 Å². The van der Waals surface area contributed by atoms with Crippen molar-refractivity contribution in [2.24, 2.45) is 0 Å². The standard InChI is InChI=1S/C10H20N2O.C9H18NO/c1-9(2)10(13)11-7-6-8-12(3,4)5;1-8(2)9(11)6-7-10(3,4)5/h1,6-8H2,2-5H3;1,6-7H2,2-5H3/q;+1/p+1. The molecule has 0 aliphatic heterocycles. The van der Waals surface area contributed by atoms with Gasteiger partial charge in [-0.15, -0.1) is 0 Å². The van der Waals surface area contributed by atoms with E-state index in [4.69, 9.17) is 0 Å². The molecule has 0 saturated carbocycles. The largest absolute Gasteiger partial charge is 0.352 e. The third-order valence-corrected chi connectivity index (χ3v) is 3.16. The van der Waals surface area contributed by atoms with Crippen LogP contribution in [0.4, 0.5) is 0 Å². The van der Waals surface area contributed by atoms with E-state index < -0.39 is 0 Å². The molecule has 24 heavy (non-hydrogen) atoms. The lowest BCUT2D eigenvalue weighted by Gasteiger charge is -2.23. The molecule has 0 aliphatic carbocycles. The van der Waals surface area contributed by atoms with Crippen LogP contribution in [0.25, 0.3) is 0 Å². The molecular formula is C19H39N3O2+2. The van der Waals surface area contributed by atoms with E-state index in [1.807, 2.05) is 0 Å². The Kier molecular flexibility index (Phi) is 11.5. The van der Waals surface area contributed by atoms with Crippen LogP contribution in [0, 0.1) is 0 Å². The molecule has 1 N–H and O–H groups in total. The van der Waals surface area contributed by atoms with Crippen LogP contribution in [0.5, 0.6) is 0 Å². The highest BCUT2D eigenvalue weighted by atomic mass is 16.1. The second kappa shape index (κ2) is 11.2. The van der Waals surface area contributed by atoms with E-state index in [2.05, 4.69) is 60.8 Å². The zero-order valence-electron chi connectivity index (χ0n) is 17.2. The van der Waals surface area contributed by atoms with Gasteiger partial charge in [0.2, 0.25) is 5.91 Å². The minimum atomic E-state index is -0.0404. The Morgan fingerprint density at radius 2 is 1.29 bits per heavy atom. The first-order valence-electron chi connectivity index (χ1n) is 8.39. The van der Waals surface area contributed by atoms with E-state index in [9.17, 15) is 9.59 Å². The number of amides is 1. The minimum absolute atomic E-state index is 0.0404. The molecule has 0 unspecified atom stereocenters. The molecule has 0 saturated heterocycles. The highest BCUT2D eigenvalue weighted by Crippen LogP contribution is 1.99. The number of rotatable bonds is 9. The average Bonchev–Trinajstić information content (AvgIpc) is 2.39. The molecule has 0 fully saturated rings. The zero-order chi connectivity index (χ0) is 19.6. The zero-order valence-corrected chi connectivity index (χ0v) is 17.2. The summed E-state index contributed by atoms with van der Waals surface area (Å²) in [5.41, 5.74) is 1.24. The summed E-state index contributed by atoms with van der Waals surface area (Å²) in [5, 5.41) is 2.81. The van der Waals surface area contributed by atoms with Gasteiger partial charge in [-0.3, -0.25) is 9.59 Å². The fourth-order valence-electron chi connectivity index (χ4n) is 1.56. The molecule has 0 rings (SSSR count). The molecule has 0 atom stereocenters. The molecular weight excluding hydrogens is 302 g/mol. The summed E-state index contributed by atoms with van der Waals surface area (Å²) in [6.07, 6.45) is 1.61. The lowest BCUT2D eigenvalue weighted by atomic mass is 10.1. The molecule has 1 amide bonds. The van der Waals surface area contributed by atoms with Crippen LogP contribution < -0.4 is 5.32 Å². The fourth-order valence-corrected chi connectivity index (χ4v) is 1.56. The third kappa shape index (κ3) is 18.6. The van der Waals surface area contributed by atoms with Crippen molar-refractivity contribution in [1.29, 1.82) is 0 Å². The normalized spacial score (nSPS) is 11.2. The summed E-state index contributed by atoms with van der Waals surface area (Å²) >= 11 is 0. The average molecular weight is 342 g/mol. The van der Waals surface area contributed by atoms with Gasteiger partial charge in [-0.2, -0.15) is 0 Å². The highest BCUT2D eigenvalue weighted by molar-refractivity contribution is 5.94. The van der Waals surface area contributed by atoms with Crippen LogP contribution in [0.1, 0.15) is 26.7 Å². The van der Waals surface area contributed by atoms with Gasteiger partial charge >= 0.3 is 0 Å². The van der Waals surface area contributed by atoms with E-state index in [1.54, 1.807) is 13.8 Å². The van der Waals surface area contributed by atoms with Crippen LogP contribution in [0.3, 0.4) is 0 Å². The van der Waals surface area contributed by atoms with Gasteiger partial charge in [0.25, 0.3) is 0 Å². The minimum Gasteiger partial charge on any atom is -0.352 e. The smallest absolute Gasteiger partial charge is 0.246 e. The summed E-state index contributed by atoms with van der Waals surface area (Å²) < 4.78 is 1.77. The molecule has 0 heterocycles. The lowest BCUT2D eigenvalue weighted by Crippen LogP contribution is -2.37. The number of hydrogen-bond acceptors (Lipinski definition) is 2. The van der Waals surface area contributed by atoms with E-state index in [0.717, 1.165) is 35.0 Å². The second-order valence-electron chi connectivity index (χ2n) is 8.37. The summed E-state index contributed by atoms with van der Waals surface area (Å²) in [6, 6.07) is 0. The number of nitrogens with zero attached hydrogens (tertiary/aromatic N) is 2. The summed E-state index contributed by atoms with van der Waals surface area (Å²) in [6.45, 7) is 13.3. The highest BCUT2D eigenvalue weighted by Gasteiger charge is 2.10. The third-order valence-electron chi connectivity index (χ3n) is 3.16. The number of carbonyl (C=O) groups is 2. The van der Waals surface area contributed by atoms with Crippen LogP contribution in [0.15, 0.2) is 24.3 Å². The number of nitrogens with one attached hydrogen (secondary N) is 1. The molecule has 0 aromatic carbocycles. The summed E-state index contributed by atoms with van der Waals surface area (Å²) in [4.78, 5) is 22.1. The molecule has 0 radical (unpaired) electrons. The Labute approximate surface area is 149 Å². The van der Waals surface area contributed by atoms with Crippen LogP contribution in [0.2, 0.25) is 0 Å². The van der Waals surface area contributed by atoms with Gasteiger partial charge in [0.15, 0.2) is 5.78 Å². The Balaban J connectivity index is 0. The molecule has 0 aromatic heterocycles. The van der Waals surface area contributed by atoms with Crippen molar-refractivity contribution in [2.75, 3.05) is 61.9 Å². The molecule has 5 heteroatoms. The molecule has 0 bridgehead atoms. The Morgan fingerprint density at radius 3 is 1.62 bits per heavy atom. The van der Waals surface area contributed by atoms with Crippen molar-refractivity contribution >= 4 is 11.7 Å². The van der Waals surface area contributed by atoms with Gasteiger partial charge in [-0.05, 0) is 19.4 Å². The number of allylic oxidation sites excluding steroid dienone is 1. The first kappa shape index (κ1) is 24.8. The number of carbonyl (C=O) groups excluding carboxylic acids is 2. The van der Waals surface area contributed by atoms with Crippen molar-refractivity contribution in [3.63, 3.8) is 0 Å². The summed E-state index contributed by atoms with van der Waals surface area (Å²) in [5.74, 6) is 0.138. The molecule has 0 aromatic rings. The molecule has 5 nitrogen and oxygen atoms in total. The van der Waals surface area contributed by atoms with E-state index in [0.29, 0.717) is 17.6 Å². The fraction of sp³-hybridized carbons (Fsp3) is 0.684. The van der Waals surface area contributed by atoms with Gasteiger partial charge in [-0.25, -0.2) is 0 Å². The maximum absolute atomic E-state index is 11.1. The quantitative estimate of drug-likeness (QED) is 0.396. The monoisotopic (exact) mass is 341 g/mol. The van der Waals surface area contributed by atoms with Crippen molar-refractivity contribution in [3.8, 4) is 0 Å². The SMILES string of the molecule is C=C(C)C(=O)CC[N+](C)(C)C.C=C(C)C(=O)NCCC[N+](C)(C)C. The predicted molar refractivity (Wildman–Crippen MR) is 103 cm³/mol. The Morgan fingerprint density at radius 1 is 0.833 bits per heavy atom. The number of Topliss-reactive ketones (excluding diaryl/α,β-unsaturated/α-hetero) is 1. The van der Waals surface area contributed by atoms with Crippen LogP contribution >= 0.6 is 0 Å². The molecule has 140 valence electrons. The van der Waals surface area contributed by atoms with Gasteiger partial charge in [0.1, 0.15) is 0 Å². The maximum Gasteiger partial charge on any atom is 0.246 e. The van der Waals surface area contributed by atoms with E-state index in [1.165, 1.54) is 0 Å². The van der Waals surface area contributed by atoms with Gasteiger partial charge < -0.3 is 14.3 Å². The van der Waals surface area contributed by atoms with E-state index in [-0.39, 0.29) is 11.7 Å². The molecule has 0 spiro atoms. The first-order chi connectivity index (χ1) is 10.7.